The maximum Gasteiger partial charge on any atom is 0.0873 e. The highest BCUT2D eigenvalue weighted by Crippen LogP contribution is 2.06. The predicted molar refractivity (Wildman–Crippen MR) is 45.3 cm³/mol. The van der Waals surface area contributed by atoms with Crippen molar-refractivity contribution in [1.29, 1.82) is 0 Å². The maximum absolute atomic E-state index is 8.87. The standard InChI is InChI=1S/C8H13N3O/c1-5-7(3-9)10-6(2)8(4-12)11-5/h12H,3-4,9H2,1-2H3. The second-order valence-corrected chi connectivity index (χ2v) is 2.65. The molecule has 0 fully saturated rings. The number of aliphatic hydroxyl groups excluding tert-OH is 1. The van der Waals surface area contributed by atoms with E-state index in [1.54, 1.807) is 0 Å². The van der Waals surface area contributed by atoms with Gasteiger partial charge in [-0.05, 0) is 13.8 Å². The lowest BCUT2D eigenvalue weighted by Crippen LogP contribution is -2.08. The fourth-order valence-corrected chi connectivity index (χ4v) is 1.04. The van der Waals surface area contributed by atoms with Crippen molar-refractivity contribution in [1.82, 2.24) is 9.97 Å². The number of aromatic nitrogens is 2. The number of nitrogens with two attached hydrogens (primary N) is 1. The lowest BCUT2D eigenvalue weighted by molar-refractivity contribution is 0.275. The molecule has 1 heterocycles. The van der Waals surface area contributed by atoms with Crippen molar-refractivity contribution in [3.63, 3.8) is 0 Å². The van der Waals surface area contributed by atoms with Crippen LogP contribution in [0, 0.1) is 13.8 Å². The van der Waals surface area contributed by atoms with E-state index in [9.17, 15) is 0 Å². The molecule has 0 saturated heterocycles. The Morgan fingerprint density at radius 1 is 1.17 bits per heavy atom. The van der Waals surface area contributed by atoms with Gasteiger partial charge in [-0.2, -0.15) is 0 Å². The lowest BCUT2D eigenvalue weighted by atomic mass is 10.2. The molecule has 0 amide bonds. The summed E-state index contributed by atoms with van der Waals surface area (Å²) in [4.78, 5) is 8.38. The Bertz CT molecular complexity index is 256. The van der Waals surface area contributed by atoms with E-state index in [0.717, 1.165) is 17.1 Å². The average Bonchev–Trinajstić information content (AvgIpc) is 2.08. The van der Waals surface area contributed by atoms with Gasteiger partial charge in [0.2, 0.25) is 0 Å². The number of hydrogen-bond donors (Lipinski definition) is 2. The van der Waals surface area contributed by atoms with Crippen LogP contribution < -0.4 is 5.73 Å². The predicted octanol–water partition coefficient (Wildman–Crippen LogP) is 0.0444. The topological polar surface area (TPSA) is 72.0 Å². The van der Waals surface area contributed by atoms with Crippen LogP contribution in [-0.4, -0.2) is 15.1 Å². The van der Waals surface area contributed by atoms with E-state index in [-0.39, 0.29) is 6.61 Å². The summed E-state index contributed by atoms with van der Waals surface area (Å²) in [7, 11) is 0. The van der Waals surface area contributed by atoms with E-state index in [1.165, 1.54) is 0 Å². The van der Waals surface area contributed by atoms with Gasteiger partial charge in [-0.1, -0.05) is 0 Å². The zero-order valence-corrected chi connectivity index (χ0v) is 7.33. The van der Waals surface area contributed by atoms with E-state index >= 15 is 0 Å². The van der Waals surface area contributed by atoms with Crippen LogP contribution >= 0.6 is 0 Å². The Labute approximate surface area is 71.5 Å². The highest BCUT2D eigenvalue weighted by Gasteiger charge is 2.04. The fraction of sp³-hybridized carbons (Fsp3) is 0.500. The molecule has 0 saturated carbocycles. The number of hydrogen-bond acceptors (Lipinski definition) is 4. The minimum absolute atomic E-state index is 0.0650. The quantitative estimate of drug-likeness (QED) is 0.652. The van der Waals surface area contributed by atoms with Gasteiger partial charge >= 0.3 is 0 Å². The highest BCUT2D eigenvalue weighted by atomic mass is 16.3. The summed E-state index contributed by atoms with van der Waals surface area (Å²) in [6.45, 7) is 3.99. The molecule has 0 aromatic carbocycles. The van der Waals surface area contributed by atoms with E-state index in [4.69, 9.17) is 10.8 Å². The van der Waals surface area contributed by atoms with Gasteiger partial charge in [0, 0.05) is 6.54 Å². The van der Waals surface area contributed by atoms with Crippen molar-refractivity contribution in [3.05, 3.63) is 22.8 Å². The smallest absolute Gasteiger partial charge is 0.0873 e. The summed E-state index contributed by atoms with van der Waals surface area (Å²) in [5, 5.41) is 8.87. The first-order valence-electron chi connectivity index (χ1n) is 3.83. The first kappa shape index (κ1) is 9.09. The normalized spacial score (nSPS) is 10.3. The molecule has 0 aliphatic carbocycles. The zero-order valence-electron chi connectivity index (χ0n) is 7.33. The molecule has 12 heavy (non-hydrogen) atoms. The van der Waals surface area contributed by atoms with Gasteiger partial charge in [0.25, 0.3) is 0 Å². The Morgan fingerprint density at radius 2 is 1.67 bits per heavy atom. The summed E-state index contributed by atoms with van der Waals surface area (Å²) in [6.07, 6.45) is 0. The van der Waals surface area contributed by atoms with Crippen molar-refractivity contribution in [3.8, 4) is 0 Å². The van der Waals surface area contributed by atoms with Gasteiger partial charge < -0.3 is 10.8 Å². The fourth-order valence-electron chi connectivity index (χ4n) is 1.04. The Kier molecular flexibility index (Phi) is 2.73. The third-order valence-electron chi connectivity index (χ3n) is 1.78. The number of aliphatic hydroxyl groups is 1. The molecule has 4 nitrogen and oxygen atoms in total. The van der Waals surface area contributed by atoms with Gasteiger partial charge in [-0.15, -0.1) is 0 Å². The average molecular weight is 167 g/mol. The van der Waals surface area contributed by atoms with Crippen LogP contribution in [0.2, 0.25) is 0 Å². The molecule has 1 aromatic heterocycles. The van der Waals surface area contributed by atoms with Gasteiger partial charge in [0.1, 0.15) is 0 Å². The van der Waals surface area contributed by atoms with Crippen LogP contribution in [0.3, 0.4) is 0 Å². The van der Waals surface area contributed by atoms with Gasteiger partial charge in [0.05, 0.1) is 29.4 Å². The third-order valence-corrected chi connectivity index (χ3v) is 1.78. The SMILES string of the molecule is Cc1nc(CO)c(C)nc1CN. The highest BCUT2D eigenvalue weighted by molar-refractivity contribution is 5.17. The lowest BCUT2D eigenvalue weighted by Gasteiger charge is -2.06. The molecule has 66 valence electrons. The molecule has 0 aliphatic rings. The van der Waals surface area contributed by atoms with Crippen LogP contribution in [0.5, 0.6) is 0 Å². The minimum Gasteiger partial charge on any atom is -0.390 e. The Balaban J connectivity index is 3.16. The molecule has 1 rings (SSSR count). The summed E-state index contributed by atoms with van der Waals surface area (Å²) in [6, 6.07) is 0. The van der Waals surface area contributed by atoms with E-state index < -0.39 is 0 Å². The van der Waals surface area contributed by atoms with Crippen LogP contribution in [0.25, 0.3) is 0 Å². The first-order valence-corrected chi connectivity index (χ1v) is 3.83. The maximum atomic E-state index is 8.87. The van der Waals surface area contributed by atoms with Crippen LogP contribution in [-0.2, 0) is 13.2 Å². The van der Waals surface area contributed by atoms with Crippen LogP contribution in [0.15, 0.2) is 0 Å². The van der Waals surface area contributed by atoms with Crippen molar-refractivity contribution in [2.45, 2.75) is 27.0 Å². The summed E-state index contributed by atoms with van der Waals surface area (Å²) < 4.78 is 0. The largest absolute Gasteiger partial charge is 0.390 e. The molecule has 0 radical (unpaired) electrons. The molecule has 1 aromatic rings. The summed E-state index contributed by atoms with van der Waals surface area (Å²) >= 11 is 0. The summed E-state index contributed by atoms with van der Waals surface area (Å²) in [5.74, 6) is 0. The van der Waals surface area contributed by atoms with Crippen molar-refractivity contribution >= 4 is 0 Å². The van der Waals surface area contributed by atoms with Crippen LogP contribution in [0.4, 0.5) is 0 Å². The van der Waals surface area contributed by atoms with E-state index in [1.807, 2.05) is 13.8 Å². The second kappa shape index (κ2) is 3.60. The minimum atomic E-state index is -0.0650. The third kappa shape index (κ3) is 1.60. The van der Waals surface area contributed by atoms with Crippen molar-refractivity contribution in [2.75, 3.05) is 0 Å². The molecule has 0 spiro atoms. The van der Waals surface area contributed by atoms with Gasteiger partial charge in [-0.25, -0.2) is 0 Å². The molecule has 0 bridgehead atoms. The molecule has 4 heteroatoms. The molecule has 0 aliphatic heterocycles. The first-order chi connectivity index (χ1) is 5.69. The Morgan fingerprint density at radius 3 is 2.17 bits per heavy atom. The second-order valence-electron chi connectivity index (χ2n) is 2.65. The summed E-state index contributed by atoms with van der Waals surface area (Å²) in [5.41, 5.74) is 8.42. The van der Waals surface area contributed by atoms with Crippen LogP contribution in [0.1, 0.15) is 22.8 Å². The van der Waals surface area contributed by atoms with Crippen molar-refractivity contribution < 1.29 is 5.11 Å². The van der Waals surface area contributed by atoms with Gasteiger partial charge in [-0.3, -0.25) is 9.97 Å². The molecule has 0 atom stereocenters. The Hall–Kier alpha value is -1.00. The van der Waals surface area contributed by atoms with E-state index in [2.05, 4.69) is 9.97 Å². The number of aryl methyl sites for hydroxylation is 2. The number of rotatable bonds is 2. The monoisotopic (exact) mass is 167 g/mol. The number of nitrogens with zero attached hydrogens (tertiary/aromatic N) is 2. The molecular weight excluding hydrogens is 154 g/mol. The molecule has 3 N–H and O–H groups in total. The van der Waals surface area contributed by atoms with Crippen molar-refractivity contribution in [2.24, 2.45) is 5.73 Å². The molecule has 0 unspecified atom stereocenters. The van der Waals surface area contributed by atoms with E-state index in [0.29, 0.717) is 12.2 Å². The zero-order chi connectivity index (χ0) is 9.14. The molecular formula is C8H13N3O. The van der Waals surface area contributed by atoms with Gasteiger partial charge in [0.15, 0.2) is 0 Å².